The van der Waals surface area contributed by atoms with Crippen LogP contribution in [0, 0.1) is 11.3 Å². The van der Waals surface area contributed by atoms with Crippen molar-refractivity contribution in [1.29, 1.82) is 5.26 Å². The summed E-state index contributed by atoms with van der Waals surface area (Å²) in [5.41, 5.74) is 12.3. The number of rotatable bonds is 2. The van der Waals surface area contributed by atoms with Crippen LogP contribution in [0.2, 0.25) is 0 Å². The van der Waals surface area contributed by atoms with Gasteiger partial charge in [0.05, 0.1) is 30.0 Å². The molecule has 2 aromatic rings. The summed E-state index contributed by atoms with van der Waals surface area (Å²) in [5, 5.41) is 11.5. The first-order valence-corrected chi connectivity index (χ1v) is 4.69. The van der Waals surface area contributed by atoms with Gasteiger partial charge in [0, 0.05) is 6.07 Å². The van der Waals surface area contributed by atoms with Crippen molar-refractivity contribution in [3.63, 3.8) is 0 Å². The summed E-state index contributed by atoms with van der Waals surface area (Å²) in [4.78, 5) is 11.9. The maximum atomic E-state index is 8.57. The number of nitrogens with zero attached hydrogens (tertiary/aromatic N) is 4. The van der Waals surface area contributed by atoms with Crippen molar-refractivity contribution in [1.82, 2.24) is 15.0 Å². The largest absolute Gasteiger partial charge is 0.397 e. The third kappa shape index (κ3) is 2.38. The highest BCUT2D eigenvalue weighted by Gasteiger charge is 2.01. The minimum absolute atomic E-state index is 0.250. The van der Waals surface area contributed by atoms with Gasteiger partial charge in [-0.2, -0.15) is 5.26 Å². The molecule has 0 spiro atoms. The van der Waals surface area contributed by atoms with Crippen LogP contribution in [0.1, 0.15) is 5.69 Å². The zero-order valence-electron chi connectivity index (χ0n) is 8.75. The molecule has 0 bridgehead atoms. The summed E-state index contributed by atoms with van der Waals surface area (Å²) in [5.74, 6) is 0.983. The molecule has 2 rings (SSSR count). The number of nitrogens with two attached hydrogens (primary N) is 2. The van der Waals surface area contributed by atoms with E-state index in [1.54, 1.807) is 6.07 Å². The minimum atomic E-state index is 0.250. The van der Waals surface area contributed by atoms with E-state index in [1.807, 2.05) is 6.07 Å². The molecule has 0 aliphatic carbocycles. The van der Waals surface area contributed by atoms with E-state index in [0.717, 1.165) is 0 Å². The summed E-state index contributed by atoms with van der Waals surface area (Å²) in [6, 6.07) is 3.47. The van der Waals surface area contributed by atoms with E-state index in [1.165, 1.54) is 18.6 Å². The molecule has 0 unspecified atom stereocenters. The number of nitrogen functional groups attached to an aromatic ring is 2. The fraction of sp³-hybridized carbons (Fsp3) is 0. The van der Waals surface area contributed by atoms with Gasteiger partial charge < -0.3 is 16.8 Å². The Morgan fingerprint density at radius 1 is 1.00 bits per heavy atom. The molecule has 2 heterocycles. The van der Waals surface area contributed by atoms with Crippen molar-refractivity contribution >= 4 is 23.0 Å². The van der Waals surface area contributed by atoms with E-state index >= 15 is 0 Å². The zero-order chi connectivity index (χ0) is 12.3. The van der Waals surface area contributed by atoms with Crippen molar-refractivity contribution in [3.05, 3.63) is 30.4 Å². The molecular weight excluding hydrogens is 218 g/mol. The van der Waals surface area contributed by atoms with Crippen LogP contribution in [0.25, 0.3) is 0 Å². The highest BCUT2D eigenvalue weighted by Crippen LogP contribution is 2.18. The van der Waals surface area contributed by atoms with Crippen molar-refractivity contribution < 1.29 is 0 Å². The summed E-state index contributed by atoms with van der Waals surface area (Å²) in [6.45, 7) is 0. The fourth-order valence-electron chi connectivity index (χ4n) is 1.13. The van der Waals surface area contributed by atoms with Crippen molar-refractivity contribution in [3.8, 4) is 6.07 Å². The van der Waals surface area contributed by atoms with E-state index in [4.69, 9.17) is 16.7 Å². The Bertz CT molecular complexity index is 570. The molecule has 17 heavy (non-hydrogen) atoms. The third-order valence-electron chi connectivity index (χ3n) is 1.99. The molecule has 5 N–H and O–H groups in total. The molecule has 0 aliphatic rings. The molecule has 7 heteroatoms. The van der Waals surface area contributed by atoms with Gasteiger partial charge in [0.1, 0.15) is 17.7 Å². The lowest BCUT2D eigenvalue weighted by atomic mass is 10.3. The Morgan fingerprint density at radius 2 is 1.76 bits per heavy atom. The fourth-order valence-corrected chi connectivity index (χ4v) is 1.13. The first-order valence-electron chi connectivity index (χ1n) is 4.69. The van der Waals surface area contributed by atoms with Gasteiger partial charge in [-0.3, -0.25) is 0 Å². The Hall–Kier alpha value is -2.88. The van der Waals surface area contributed by atoms with Crippen molar-refractivity contribution in [2.24, 2.45) is 0 Å². The second-order valence-corrected chi connectivity index (χ2v) is 3.22. The monoisotopic (exact) mass is 227 g/mol. The van der Waals surface area contributed by atoms with E-state index < -0.39 is 0 Å². The Balaban J connectivity index is 2.20. The zero-order valence-corrected chi connectivity index (χ0v) is 8.75. The Kier molecular flexibility index (Phi) is 2.70. The van der Waals surface area contributed by atoms with Gasteiger partial charge in [-0.05, 0) is 0 Å². The first kappa shape index (κ1) is 10.6. The van der Waals surface area contributed by atoms with Crippen LogP contribution in [0.5, 0.6) is 0 Å². The third-order valence-corrected chi connectivity index (χ3v) is 1.99. The minimum Gasteiger partial charge on any atom is -0.397 e. The van der Waals surface area contributed by atoms with Crippen LogP contribution in [-0.2, 0) is 0 Å². The van der Waals surface area contributed by atoms with E-state index in [-0.39, 0.29) is 5.69 Å². The number of hydrogen-bond donors (Lipinski definition) is 3. The molecule has 0 saturated heterocycles. The molecule has 0 radical (unpaired) electrons. The lowest BCUT2D eigenvalue weighted by molar-refractivity contribution is 1.15. The summed E-state index contributed by atoms with van der Waals surface area (Å²) in [6.07, 6.45) is 4.25. The molecule has 0 atom stereocenters. The van der Waals surface area contributed by atoms with Gasteiger partial charge in [-0.15, -0.1) is 0 Å². The van der Waals surface area contributed by atoms with Crippen LogP contribution in [0.4, 0.5) is 23.0 Å². The number of hydrogen-bond acceptors (Lipinski definition) is 7. The topological polar surface area (TPSA) is 127 Å². The van der Waals surface area contributed by atoms with Crippen molar-refractivity contribution in [2.75, 3.05) is 16.8 Å². The van der Waals surface area contributed by atoms with Gasteiger partial charge in [0.15, 0.2) is 5.69 Å². The van der Waals surface area contributed by atoms with Crippen LogP contribution in [-0.4, -0.2) is 15.0 Å². The Morgan fingerprint density at radius 3 is 2.35 bits per heavy atom. The quantitative estimate of drug-likeness (QED) is 0.687. The van der Waals surface area contributed by atoms with Crippen molar-refractivity contribution in [2.45, 2.75) is 0 Å². The van der Waals surface area contributed by atoms with Crippen LogP contribution in [0.15, 0.2) is 24.7 Å². The smallest absolute Gasteiger partial charge is 0.158 e. The van der Waals surface area contributed by atoms with E-state index in [2.05, 4.69) is 20.3 Å². The molecule has 7 nitrogen and oxygen atoms in total. The van der Waals surface area contributed by atoms with Gasteiger partial charge in [-0.1, -0.05) is 0 Å². The highest BCUT2D eigenvalue weighted by atomic mass is 15.1. The summed E-state index contributed by atoms with van der Waals surface area (Å²) in [7, 11) is 0. The average Bonchev–Trinajstić information content (AvgIpc) is 2.35. The van der Waals surface area contributed by atoms with E-state index in [9.17, 15) is 0 Å². The second-order valence-electron chi connectivity index (χ2n) is 3.22. The molecule has 0 fully saturated rings. The molecular formula is C10H9N7. The maximum absolute atomic E-state index is 8.57. The van der Waals surface area contributed by atoms with Gasteiger partial charge in [0.2, 0.25) is 0 Å². The predicted octanol–water partition coefficient (Wildman–Crippen LogP) is 0.651. The average molecular weight is 227 g/mol. The highest BCUT2D eigenvalue weighted by molar-refractivity contribution is 5.67. The number of aromatic nitrogens is 3. The van der Waals surface area contributed by atoms with Gasteiger partial charge in [-0.25, -0.2) is 15.0 Å². The predicted molar refractivity (Wildman–Crippen MR) is 63.1 cm³/mol. The van der Waals surface area contributed by atoms with Gasteiger partial charge in [0.25, 0.3) is 0 Å². The van der Waals surface area contributed by atoms with Crippen LogP contribution < -0.4 is 16.8 Å². The molecule has 0 aliphatic heterocycles. The molecule has 0 aromatic carbocycles. The number of nitriles is 1. The summed E-state index contributed by atoms with van der Waals surface area (Å²) < 4.78 is 0. The summed E-state index contributed by atoms with van der Waals surface area (Å²) >= 11 is 0. The standard InChI is InChI=1S/C10H9N7/c11-2-6-3-15-10(5-14-6)17-9-1-7(12)8(13)4-16-9/h1,3-5H,13H2,(H3,12,15,16,17). The number of anilines is 4. The number of pyridine rings is 1. The Labute approximate surface area is 97.1 Å². The number of nitrogens with one attached hydrogen (secondary N) is 1. The molecule has 2 aromatic heterocycles. The normalized spacial score (nSPS) is 9.59. The first-order chi connectivity index (χ1) is 8.19. The molecule has 0 amide bonds. The maximum Gasteiger partial charge on any atom is 0.158 e. The molecule has 0 saturated carbocycles. The van der Waals surface area contributed by atoms with Crippen LogP contribution in [0.3, 0.4) is 0 Å². The molecule has 84 valence electrons. The SMILES string of the molecule is N#Cc1cnc(Nc2cc(N)c(N)cn2)cn1. The van der Waals surface area contributed by atoms with E-state index in [0.29, 0.717) is 23.0 Å². The van der Waals surface area contributed by atoms with Gasteiger partial charge >= 0.3 is 0 Å². The lowest BCUT2D eigenvalue weighted by Gasteiger charge is -2.05. The lowest BCUT2D eigenvalue weighted by Crippen LogP contribution is -2.01. The van der Waals surface area contributed by atoms with Crippen LogP contribution >= 0.6 is 0 Å². The second kappa shape index (κ2) is 4.32.